The summed E-state index contributed by atoms with van der Waals surface area (Å²) in [6, 6.07) is 2.18. The number of nitrogens with zero attached hydrogens (tertiary/aromatic N) is 1. The Morgan fingerprint density at radius 1 is 1.42 bits per heavy atom. The van der Waals surface area contributed by atoms with E-state index in [0.717, 1.165) is 24.4 Å². The van der Waals surface area contributed by atoms with Crippen molar-refractivity contribution < 1.29 is 15.0 Å². The highest BCUT2D eigenvalue weighted by molar-refractivity contribution is 7.12. The summed E-state index contributed by atoms with van der Waals surface area (Å²) in [5.74, 6) is 1.03. The van der Waals surface area contributed by atoms with Gasteiger partial charge in [-0.25, -0.2) is 4.79 Å². The number of aliphatic hydroxyl groups excluding tert-OH is 1. The van der Waals surface area contributed by atoms with Crippen LogP contribution in [0.3, 0.4) is 0 Å². The van der Waals surface area contributed by atoms with E-state index >= 15 is 0 Å². The van der Waals surface area contributed by atoms with Gasteiger partial charge < -0.3 is 10.2 Å². The van der Waals surface area contributed by atoms with E-state index in [4.69, 9.17) is 0 Å². The van der Waals surface area contributed by atoms with Crippen LogP contribution >= 0.6 is 11.3 Å². The Balaban J connectivity index is 1.58. The number of hydrogen-bond donors (Lipinski definition) is 2. The second-order valence-corrected chi connectivity index (χ2v) is 7.06. The molecule has 2 saturated carbocycles. The third-order valence-electron chi connectivity index (χ3n) is 5.26. The van der Waals surface area contributed by atoms with E-state index in [2.05, 4.69) is 4.90 Å². The molecule has 1 aromatic heterocycles. The van der Waals surface area contributed by atoms with Gasteiger partial charge in [-0.3, -0.25) is 4.90 Å². The minimum absolute atomic E-state index is 0.198. The van der Waals surface area contributed by atoms with Gasteiger partial charge >= 0.3 is 5.97 Å². The molecule has 2 aliphatic carbocycles. The first-order valence-electron chi connectivity index (χ1n) is 6.87. The van der Waals surface area contributed by atoms with Gasteiger partial charge in [0.05, 0.1) is 6.10 Å². The number of carbonyl (C=O) groups is 1. The Morgan fingerprint density at radius 2 is 2.26 bits per heavy atom. The topological polar surface area (TPSA) is 60.8 Å². The van der Waals surface area contributed by atoms with Gasteiger partial charge in [0, 0.05) is 19.1 Å². The van der Waals surface area contributed by atoms with Crippen molar-refractivity contribution in [3.8, 4) is 0 Å². The summed E-state index contributed by atoms with van der Waals surface area (Å²) in [6.45, 7) is 1.70. The molecule has 1 saturated heterocycles. The Labute approximate surface area is 115 Å². The summed E-state index contributed by atoms with van der Waals surface area (Å²) in [5, 5.41) is 21.3. The Hall–Kier alpha value is -0.910. The molecule has 5 unspecified atom stereocenters. The quantitative estimate of drug-likeness (QED) is 0.883. The van der Waals surface area contributed by atoms with E-state index in [1.807, 2.05) is 11.4 Å². The summed E-state index contributed by atoms with van der Waals surface area (Å²) in [4.78, 5) is 13.9. The summed E-state index contributed by atoms with van der Waals surface area (Å²) >= 11 is 1.29. The molecule has 2 N–H and O–H groups in total. The van der Waals surface area contributed by atoms with Crippen LogP contribution in [0.4, 0.5) is 0 Å². The van der Waals surface area contributed by atoms with Crippen molar-refractivity contribution in [2.24, 2.45) is 17.8 Å². The zero-order chi connectivity index (χ0) is 13.1. The van der Waals surface area contributed by atoms with Crippen LogP contribution in [0.25, 0.3) is 0 Å². The molecule has 102 valence electrons. The van der Waals surface area contributed by atoms with Crippen molar-refractivity contribution in [1.82, 2.24) is 4.90 Å². The summed E-state index contributed by atoms with van der Waals surface area (Å²) < 4.78 is 0. The molecule has 1 aliphatic heterocycles. The number of carboxylic acid groups (broad SMARTS) is 1. The third-order valence-corrected chi connectivity index (χ3v) is 6.21. The zero-order valence-electron chi connectivity index (χ0n) is 10.5. The highest BCUT2D eigenvalue weighted by atomic mass is 32.1. The predicted octanol–water partition coefficient (Wildman–Crippen LogP) is 1.65. The van der Waals surface area contributed by atoms with Gasteiger partial charge in [0.1, 0.15) is 4.88 Å². The molecule has 19 heavy (non-hydrogen) atoms. The monoisotopic (exact) mass is 279 g/mol. The Bertz CT molecular complexity index is 527. The highest BCUT2D eigenvalue weighted by Gasteiger charge is 2.58. The molecule has 1 aromatic rings. The van der Waals surface area contributed by atoms with Crippen molar-refractivity contribution in [2.75, 3.05) is 6.54 Å². The number of rotatable bonds is 3. The van der Waals surface area contributed by atoms with Crippen molar-refractivity contribution in [3.63, 3.8) is 0 Å². The molecule has 0 aromatic carbocycles. The molecule has 2 bridgehead atoms. The van der Waals surface area contributed by atoms with Crippen LogP contribution in [0.5, 0.6) is 0 Å². The minimum atomic E-state index is -0.836. The number of aromatic carboxylic acids is 1. The standard InChI is InChI=1S/C14H17NO3S/c16-12-8-3-9-6-15(11(12)10(9)4-8)5-7-1-2-19-13(7)14(17)18/h1-2,8-12,16H,3-6H2,(H,17,18). The lowest BCUT2D eigenvalue weighted by molar-refractivity contribution is 0.0482. The average Bonchev–Trinajstić information content (AvgIpc) is 3.03. The number of hydrogen-bond acceptors (Lipinski definition) is 4. The fourth-order valence-corrected chi connectivity index (χ4v) is 5.34. The first kappa shape index (κ1) is 11.9. The molecule has 3 aliphatic rings. The lowest BCUT2D eigenvalue weighted by atomic mass is 9.88. The van der Waals surface area contributed by atoms with E-state index in [-0.39, 0.29) is 12.1 Å². The van der Waals surface area contributed by atoms with Gasteiger partial charge in [0.25, 0.3) is 0 Å². The fourth-order valence-electron chi connectivity index (χ4n) is 4.59. The van der Waals surface area contributed by atoms with Crippen molar-refractivity contribution in [2.45, 2.75) is 31.5 Å². The average molecular weight is 279 g/mol. The SMILES string of the molecule is O=C(O)c1sccc1CN1CC2CC3CC2C1C3O. The van der Waals surface area contributed by atoms with Crippen molar-refractivity contribution >= 4 is 17.3 Å². The molecule has 5 heteroatoms. The van der Waals surface area contributed by atoms with Crippen molar-refractivity contribution in [3.05, 3.63) is 21.9 Å². The number of fused-ring (bicyclic) bond motifs is 1. The number of thiophene rings is 1. The van der Waals surface area contributed by atoms with Crippen LogP contribution in [-0.4, -0.2) is 39.8 Å². The fraction of sp³-hybridized carbons (Fsp3) is 0.643. The van der Waals surface area contributed by atoms with E-state index < -0.39 is 5.97 Å². The third kappa shape index (κ3) is 1.61. The largest absolute Gasteiger partial charge is 0.477 e. The molecule has 0 radical (unpaired) electrons. The number of likely N-dealkylation sites (tertiary alicyclic amines) is 1. The molecular weight excluding hydrogens is 262 g/mol. The molecule has 4 nitrogen and oxygen atoms in total. The van der Waals surface area contributed by atoms with Gasteiger partial charge in [0.2, 0.25) is 0 Å². The first-order chi connectivity index (χ1) is 9.15. The molecule has 0 amide bonds. The smallest absolute Gasteiger partial charge is 0.346 e. The Kier molecular flexibility index (Phi) is 2.53. The van der Waals surface area contributed by atoms with Gasteiger partial charge in [-0.15, -0.1) is 11.3 Å². The van der Waals surface area contributed by atoms with Crippen LogP contribution in [0.1, 0.15) is 28.1 Å². The van der Waals surface area contributed by atoms with E-state index in [0.29, 0.717) is 23.3 Å². The van der Waals surface area contributed by atoms with Gasteiger partial charge in [0.15, 0.2) is 0 Å². The van der Waals surface area contributed by atoms with Crippen LogP contribution < -0.4 is 0 Å². The van der Waals surface area contributed by atoms with E-state index in [9.17, 15) is 15.0 Å². The van der Waals surface area contributed by atoms with Gasteiger partial charge in [-0.1, -0.05) is 0 Å². The van der Waals surface area contributed by atoms with Crippen LogP contribution in [0.2, 0.25) is 0 Å². The molecule has 0 spiro atoms. The minimum Gasteiger partial charge on any atom is -0.477 e. The molecular formula is C14H17NO3S. The normalized spacial score (nSPS) is 40.2. The van der Waals surface area contributed by atoms with Crippen molar-refractivity contribution in [1.29, 1.82) is 0 Å². The Morgan fingerprint density at radius 3 is 3.00 bits per heavy atom. The summed E-state index contributed by atoms with van der Waals surface area (Å²) in [7, 11) is 0. The van der Waals surface area contributed by atoms with Gasteiger partial charge in [-0.2, -0.15) is 0 Å². The second kappa shape index (κ2) is 4.04. The maximum Gasteiger partial charge on any atom is 0.346 e. The number of carboxylic acids is 1. The maximum absolute atomic E-state index is 11.2. The molecule has 3 fully saturated rings. The van der Waals surface area contributed by atoms with E-state index in [1.54, 1.807) is 0 Å². The summed E-state index contributed by atoms with van der Waals surface area (Å²) in [6.07, 6.45) is 2.13. The van der Waals surface area contributed by atoms with Crippen LogP contribution in [0.15, 0.2) is 11.4 Å². The van der Waals surface area contributed by atoms with Crippen LogP contribution in [-0.2, 0) is 6.54 Å². The van der Waals surface area contributed by atoms with Crippen LogP contribution in [0, 0.1) is 17.8 Å². The highest BCUT2D eigenvalue weighted by Crippen LogP contribution is 2.55. The first-order valence-corrected chi connectivity index (χ1v) is 7.75. The van der Waals surface area contributed by atoms with Gasteiger partial charge in [-0.05, 0) is 47.6 Å². The van der Waals surface area contributed by atoms with E-state index in [1.165, 1.54) is 17.8 Å². The number of aliphatic hydroxyl groups is 1. The lowest BCUT2D eigenvalue weighted by Gasteiger charge is -2.28. The maximum atomic E-state index is 11.2. The summed E-state index contributed by atoms with van der Waals surface area (Å²) in [5.41, 5.74) is 0.898. The lowest BCUT2D eigenvalue weighted by Crippen LogP contribution is -2.40. The second-order valence-electron chi connectivity index (χ2n) is 6.15. The zero-order valence-corrected chi connectivity index (χ0v) is 11.3. The molecule has 2 heterocycles. The molecule has 5 atom stereocenters. The predicted molar refractivity (Wildman–Crippen MR) is 71.2 cm³/mol. The molecule has 4 rings (SSSR count).